The minimum Gasteiger partial charge on any atom is -0.444 e. The molecule has 1 aliphatic rings. The largest absolute Gasteiger partial charge is 0.444 e. The van der Waals surface area contributed by atoms with Crippen LogP contribution < -0.4 is 0 Å². The molecule has 1 amide bonds. The van der Waals surface area contributed by atoms with Crippen LogP contribution in [-0.2, 0) is 18.9 Å². The number of carbonyl (C=O) groups excluding carboxylic acids is 1. The van der Waals surface area contributed by atoms with E-state index in [2.05, 4.69) is 22.6 Å². The van der Waals surface area contributed by atoms with Gasteiger partial charge in [-0.25, -0.2) is 4.79 Å². The normalized spacial score (nSPS) is 18.3. The fraction of sp³-hybridized carbons (Fsp3) is 0.938. The Hall–Kier alpha value is -0.120. The van der Waals surface area contributed by atoms with Crippen LogP contribution in [0.4, 0.5) is 4.79 Å². The van der Waals surface area contributed by atoms with Gasteiger partial charge in [0.15, 0.2) is 0 Å². The lowest BCUT2D eigenvalue weighted by molar-refractivity contribution is -0.140. The van der Waals surface area contributed by atoms with Gasteiger partial charge in [0.05, 0.1) is 18.8 Å². The number of ether oxygens (including phenoxy) is 4. The van der Waals surface area contributed by atoms with Crippen LogP contribution in [0.2, 0.25) is 0 Å². The number of hydrogen-bond acceptors (Lipinski definition) is 5. The number of hydrogen-bond donors (Lipinski definition) is 0. The predicted molar refractivity (Wildman–Crippen MR) is 97.3 cm³/mol. The highest BCUT2D eigenvalue weighted by Crippen LogP contribution is 2.31. The predicted octanol–water partition coefficient (Wildman–Crippen LogP) is 2.87. The molecule has 0 aromatic rings. The molecule has 0 saturated carbocycles. The van der Waals surface area contributed by atoms with Crippen LogP contribution in [0.1, 0.15) is 33.6 Å². The van der Waals surface area contributed by atoms with Crippen molar-refractivity contribution in [1.29, 1.82) is 0 Å². The number of amides is 1. The van der Waals surface area contributed by atoms with Crippen molar-refractivity contribution in [3.05, 3.63) is 0 Å². The van der Waals surface area contributed by atoms with Gasteiger partial charge in [-0.1, -0.05) is 22.6 Å². The van der Waals surface area contributed by atoms with Crippen molar-refractivity contribution in [1.82, 2.24) is 4.90 Å². The highest BCUT2D eigenvalue weighted by atomic mass is 127. The van der Waals surface area contributed by atoms with E-state index in [1.165, 1.54) is 0 Å². The van der Waals surface area contributed by atoms with E-state index in [0.29, 0.717) is 26.3 Å². The van der Waals surface area contributed by atoms with Gasteiger partial charge in [-0.3, -0.25) is 0 Å². The molecule has 0 N–H and O–H groups in total. The number of piperidine rings is 1. The van der Waals surface area contributed by atoms with Gasteiger partial charge in [0, 0.05) is 31.7 Å². The lowest BCUT2D eigenvalue weighted by Crippen LogP contribution is -2.52. The Labute approximate surface area is 153 Å². The second-order valence-electron chi connectivity index (χ2n) is 6.93. The molecule has 136 valence electrons. The summed E-state index contributed by atoms with van der Waals surface area (Å²) in [5, 5.41) is 0. The van der Waals surface area contributed by atoms with Gasteiger partial charge in [-0.2, -0.15) is 0 Å². The Morgan fingerprint density at radius 3 is 2.09 bits per heavy atom. The van der Waals surface area contributed by atoms with Crippen LogP contribution in [0, 0.1) is 0 Å². The van der Waals surface area contributed by atoms with Crippen LogP contribution in [-0.4, -0.2) is 73.2 Å². The first-order valence-electron chi connectivity index (χ1n) is 7.95. The number of carbonyl (C=O) groups is 1. The molecule has 1 heterocycles. The molecule has 0 bridgehead atoms. The van der Waals surface area contributed by atoms with Crippen LogP contribution in [0.15, 0.2) is 0 Å². The number of nitrogens with zero attached hydrogens (tertiary/aromatic N) is 1. The number of rotatable bonds is 7. The van der Waals surface area contributed by atoms with Gasteiger partial charge < -0.3 is 23.8 Å². The van der Waals surface area contributed by atoms with E-state index in [0.717, 1.165) is 17.3 Å². The molecule has 0 aliphatic carbocycles. The van der Waals surface area contributed by atoms with E-state index in [4.69, 9.17) is 18.9 Å². The fourth-order valence-electron chi connectivity index (χ4n) is 2.55. The monoisotopic (exact) mass is 443 g/mol. The average Bonchev–Trinajstić information content (AvgIpc) is 2.46. The van der Waals surface area contributed by atoms with Crippen LogP contribution in [0.25, 0.3) is 0 Å². The summed E-state index contributed by atoms with van der Waals surface area (Å²) in [4.78, 5) is 13.9. The molecule has 0 aromatic heterocycles. The summed E-state index contributed by atoms with van der Waals surface area (Å²) in [6.45, 7) is 7.94. The molecule has 0 radical (unpaired) electrons. The molecule has 0 unspecified atom stereocenters. The Bertz CT molecular complexity index is 358. The number of halogens is 1. The van der Waals surface area contributed by atoms with E-state index in [-0.39, 0.29) is 17.8 Å². The maximum absolute atomic E-state index is 12.2. The Morgan fingerprint density at radius 1 is 1.17 bits per heavy atom. The van der Waals surface area contributed by atoms with E-state index in [1.807, 2.05) is 20.8 Å². The van der Waals surface area contributed by atoms with Crippen molar-refractivity contribution in [2.45, 2.75) is 50.9 Å². The SMILES string of the molecule is COCC(COC)OC1(CI)CCN(C(=O)OC(C)(C)C)CC1. The van der Waals surface area contributed by atoms with E-state index < -0.39 is 5.60 Å². The second-order valence-corrected chi connectivity index (χ2v) is 7.70. The number of alkyl halides is 1. The summed E-state index contributed by atoms with van der Waals surface area (Å²) in [5.74, 6) is 0. The summed E-state index contributed by atoms with van der Waals surface area (Å²) in [7, 11) is 3.32. The molecule has 6 nitrogen and oxygen atoms in total. The average molecular weight is 443 g/mol. The van der Waals surface area contributed by atoms with E-state index >= 15 is 0 Å². The van der Waals surface area contributed by atoms with Crippen molar-refractivity contribution in [2.24, 2.45) is 0 Å². The van der Waals surface area contributed by atoms with Crippen molar-refractivity contribution in [3.8, 4) is 0 Å². The molecule has 1 fully saturated rings. The third kappa shape index (κ3) is 7.11. The van der Waals surface area contributed by atoms with Gasteiger partial charge in [-0.15, -0.1) is 0 Å². The van der Waals surface area contributed by atoms with Crippen molar-refractivity contribution < 1.29 is 23.7 Å². The lowest BCUT2D eigenvalue weighted by atomic mass is 9.93. The smallest absolute Gasteiger partial charge is 0.410 e. The molecule has 7 heteroatoms. The van der Waals surface area contributed by atoms with Gasteiger partial charge in [-0.05, 0) is 33.6 Å². The standard InChI is InChI=1S/C16H30INO5/c1-15(2,3)23-14(19)18-8-6-16(12-17,7-9-18)22-13(10-20-4)11-21-5/h13H,6-12H2,1-5H3. The molecule has 1 rings (SSSR count). The summed E-state index contributed by atoms with van der Waals surface area (Å²) >= 11 is 2.35. The van der Waals surface area contributed by atoms with E-state index in [1.54, 1.807) is 19.1 Å². The Balaban J connectivity index is 2.60. The molecule has 1 saturated heterocycles. The van der Waals surface area contributed by atoms with Crippen LogP contribution in [0.3, 0.4) is 0 Å². The van der Waals surface area contributed by atoms with Gasteiger partial charge in [0.25, 0.3) is 0 Å². The quantitative estimate of drug-likeness (QED) is 0.448. The second kappa shape index (κ2) is 9.39. The third-order valence-corrected chi connectivity index (χ3v) is 5.08. The maximum Gasteiger partial charge on any atom is 0.410 e. The lowest BCUT2D eigenvalue weighted by Gasteiger charge is -2.42. The Kier molecular flexibility index (Phi) is 8.54. The highest BCUT2D eigenvalue weighted by Gasteiger charge is 2.39. The first kappa shape index (κ1) is 20.9. The van der Waals surface area contributed by atoms with Crippen molar-refractivity contribution in [3.63, 3.8) is 0 Å². The molecule has 0 aromatic carbocycles. The molecule has 23 heavy (non-hydrogen) atoms. The first-order valence-corrected chi connectivity index (χ1v) is 9.47. The Morgan fingerprint density at radius 2 is 1.70 bits per heavy atom. The number of methoxy groups -OCH3 is 2. The van der Waals surface area contributed by atoms with Crippen LogP contribution in [0.5, 0.6) is 0 Å². The minimum absolute atomic E-state index is 0.0900. The topological polar surface area (TPSA) is 57.2 Å². The van der Waals surface area contributed by atoms with Crippen LogP contribution >= 0.6 is 22.6 Å². The summed E-state index contributed by atoms with van der Waals surface area (Å²) in [6, 6.07) is 0. The molecule has 0 spiro atoms. The summed E-state index contributed by atoms with van der Waals surface area (Å²) in [6.07, 6.45) is 1.25. The zero-order valence-electron chi connectivity index (χ0n) is 14.9. The van der Waals surface area contributed by atoms with E-state index in [9.17, 15) is 4.79 Å². The van der Waals surface area contributed by atoms with Crippen molar-refractivity contribution >= 4 is 28.7 Å². The molecule has 1 aliphatic heterocycles. The molecule has 0 atom stereocenters. The summed E-state index contributed by atoms with van der Waals surface area (Å²) in [5.41, 5.74) is -0.700. The zero-order chi connectivity index (χ0) is 17.5. The van der Waals surface area contributed by atoms with Crippen molar-refractivity contribution in [2.75, 3.05) is 45.0 Å². The summed E-state index contributed by atoms with van der Waals surface area (Å²) < 4.78 is 23.0. The van der Waals surface area contributed by atoms with Gasteiger partial charge in [0.2, 0.25) is 0 Å². The fourth-order valence-corrected chi connectivity index (χ4v) is 3.49. The third-order valence-electron chi connectivity index (χ3n) is 3.69. The molecular weight excluding hydrogens is 413 g/mol. The number of likely N-dealkylation sites (tertiary alicyclic amines) is 1. The zero-order valence-corrected chi connectivity index (χ0v) is 17.1. The van der Waals surface area contributed by atoms with Gasteiger partial charge in [0.1, 0.15) is 11.7 Å². The first-order chi connectivity index (χ1) is 10.7. The molecular formula is C16H30INO5. The minimum atomic E-state index is -0.465. The van der Waals surface area contributed by atoms with Gasteiger partial charge >= 0.3 is 6.09 Å². The maximum atomic E-state index is 12.2. The highest BCUT2D eigenvalue weighted by molar-refractivity contribution is 14.1.